The Hall–Kier alpha value is -3.70. The van der Waals surface area contributed by atoms with Crippen LogP contribution in [0.25, 0.3) is 0 Å². The number of amidine groups is 1. The van der Waals surface area contributed by atoms with Crippen molar-refractivity contribution in [2.24, 2.45) is 10.1 Å². The highest BCUT2D eigenvalue weighted by Crippen LogP contribution is 2.20. The topological polar surface area (TPSA) is 114 Å². The molecule has 1 aliphatic heterocycles. The van der Waals surface area contributed by atoms with Gasteiger partial charge < -0.3 is 9.74 Å². The molecule has 1 aliphatic rings. The van der Waals surface area contributed by atoms with Gasteiger partial charge in [0.1, 0.15) is 17.5 Å². The summed E-state index contributed by atoms with van der Waals surface area (Å²) < 4.78 is 0. The monoisotopic (exact) mass is 602 g/mol. The quantitative estimate of drug-likeness (QED) is 0.116. The van der Waals surface area contributed by atoms with Crippen LogP contribution >= 0.6 is 34.8 Å². The van der Waals surface area contributed by atoms with Crippen molar-refractivity contribution in [3.05, 3.63) is 120 Å². The summed E-state index contributed by atoms with van der Waals surface area (Å²) in [6, 6.07) is 17.6. The van der Waals surface area contributed by atoms with Gasteiger partial charge in [-0.25, -0.2) is 4.98 Å². The summed E-state index contributed by atoms with van der Waals surface area (Å²) in [6.07, 6.45) is 1.62. The molecule has 1 aromatic heterocycles. The highest BCUT2D eigenvalue weighted by Gasteiger charge is 2.34. The van der Waals surface area contributed by atoms with Crippen molar-refractivity contribution in [3.63, 3.8) is 0 Å². The van der Waals surface area contributed by atoms with Gasteiger partial charge in [0.25, 0.3) is 0 Å². The van der Waals surface area contributed by atoms with Crippen LogP contribution in [0, 0.1) is 10.1 Å². The van der Waals surface area contributed by atoms with Crippen molar-refractivity contribution in [1.82, 2.24) is 15.4 Å². The lowest BCUT2D eigenvalue weighted by Crippen LogP contribution is -2.35. The predicted octanol–water partition coefficient (Wildman–Crippen LogP) is 6.06. The highest BCUT2D eigenvalue weighted by molar-refractivity contribution is 6.30. The number of rotatable bonds is 12. The van der Waals surface area contributed by atoms with Gasteiger partial charge in [-0.3, -0.25) is 25.4 Å². The number of allylic oxidation sites excluding steroid dienone is 1. The van der Waals surface area contributed by atoms with Crippen LogP contribution in [0.1, 0.15) is 23.6 Å². The van der Waals surface area contributed by atoms with Crippen LogP contribution in [-0.2, 0) is 29.4 Å². The van der Waals surface area contributed by atoms with Gasteiger partial charge in [-0.1, -0.05) is 70.3 Å². The van der Waals surface area contributed by atoms with Crippen LogP contribution in [0.2, 0.25) is 15.2 Å². The van der Waals surface area contributed by atoms with Gasteiger partial charge in [-0.05, 0) is 53.9 Å². The van der Waals surface area contributed by atoms with Crippen molar-refractivity contribution in [2.45, 2.75) is 26.7 Å². The summed E-state index contributed by atoms with van der Waals surface area (Å²) in [5, 5.41) is 18.1. The molecule has 0 unspecified atom stereocenters. The number of nitrogens with one attached hydrogen (secondary N) is 1. The van der Waals surface area contributed by atoms with Gasteiger partial charge in [0.2, 0.25) is 5.84 Å². The molecule has 0 aliphatic carbocycles. The van der Waals surface area contributed by atoms with Crippen LogP contribution in [0.4, 0.5) is 0 Å². The second-order valence-corrected chi connectivity index (χ2v) is 9.95. The molecular formula is C27H25Cl3N6O4. The van der Waals surface area contributed by atoms with Crippen LogP contribution in [0.3, 0.4) is 0 Å². The van der Waals surface area contributed by atoms with Gasteiger partial charge in [0.05, 0.1) is 18.1 Å². The van der Waals surface area contributed by atoms with Gasteiger partial charge in [0, 0.05) is 29.3 Å². The van der Waals surface area contributed by atoms with Crippen LogP contribution < -0.4 is 5.48 Å². The summed E-state index contributed by atoms with van der Waals surface area (Å²) in [5.41, 5.74) is 5.10. The lowest BCUT2D eigenvalue weighted by atomic mass is 10.2. The molecule has 1 N–H and O–H groups in total. The molecule has 0 spiro atoms. The van der Waals surface area contributed by atoms with E-state index in [4.69, 9.17) is 44.5 Å². The number of oxime groups is 1. The highest BCUT2D eigenvalue weighted by atomic mass is 35.5. The maximum absolute atomic E-state index is 12.5. The number of pyridine rings is 1. The second kappa shape index (κ2) is 14.1. The maximum Gasteiger partial charge on any atom is 0.338 e. The van der Waals surface area contributed by atoms with Crippen LogP contribution in [0.5, 0.6) is 0 Å². The van der Waals surface area contributed by atoms with E-state index in [2.05, 4.69) is 20.6 Å². The predicted molar refractivity (Wildman–Crippen MR) is 155 cm³/mol. The first-order valence-electron chi connectivity index (χ1n) is 12.1. The number of nitro groups is 1. The largest absolute Gasteiger partial charge is 0.391 e. The zero-order chi connectivity index (χ0) is 28.5. The number of nitrogens with zero attached hydrogens (tertiary/aromatic N) is 5. The van der Waals surface area contributed by atoms with Crippen LogP contribution in [-0.4, -0.2) is 39.4 Å². The van der Waals surface area contributed by atoms with Crippen molar-refractivity contribution in [1.29, 1.82) is 0 Å². The molecule has 0 radical (unpaired) electrons. The van der Waals surface area contributed by atoms with Crippen LogP contribution in [0.15, 0.2) is 88.4 Å². The normalized spacial score (nSPS) is 14.1. The third-order valence-corrected chi connectivity index (χ3v) is 6.49. The summed E-state index contributed by atoms with van der Waals surface area (Å²) in [4.78, 5) is 33.5. The van der Waals surface area contributed by atoms with Gasteiger partial charge in [-0.2, -0.15) is 0 Å². The molecule has 2 aromatic carbocycles. The number of hydroxylamine groups is 1. The Morgan fingerprint density at radius 3 is 2.23 bits per heavy atom. The Labute approximate surface area is 246 Å². The van der Waals surface area contributed by atoms with Gasteiger partial charge >= 0.3 is 5.70 Å². The molecule has 0 bridgehead atoms. The molecule has 3 aromatic rings. The fourth-order valence-corrected chi connectivity index (χ4v) is 4.13. The van der Waals surface area contributed by atoms with Gasteiger partial charge in [0.15, 0.2) is 5.70 Å². The zero-order valence-electron chi connectivity index (χ0n) is 21.4. The molecule has 2 heterocycles. The first-order chi connectivity index (χ1) is 19.3. The average molecular weight is 604 g/mol. The lowest BCUT2D eigenvalue weighted by Gasteiger charge is -2.20. The van der Waals surface area contributed by atoms with E-state index in [0.29, 0.717) is 34.8 Å². The van der Waals surface area contributed by atoms with E-state index in [9.17, 15) is 10.1 Å². The SMILES string of the molecule is CC(=N\OCc1ccc(Cl)cc1)/C(NOCc1ccc(Cl)cc1)=C(/C1=NCCN1Cc1ccc(Cl)nc1)[N+](=O)[O-]. The number of aliphatic imine (C=N–C) groups is 1. The third kappa shape index (κ3) is 8.15. The van der Waals surface area contributed by atoms with E-state index < -0.39 is 4.92 Å². The molecule has 4 rings (SSSR count). The smallest absolute Gasteiger partial charge is 0.338 e. The van der Waals surface area contributed by atoms with Crippen molar-refractivity contribution in [2.75, 3.05) is 13.1 Å². The Morgan fingerprint density at radius 2 is 1.62 bits per heavy atom. The molecule has 0 fully saturated rings. The number of hydrogen-bond acceptors (Lipinski definition) is 9. The van der Waals surface area contributed by atoms with E-state index in [1.165, 1.54) is 0 Å². The Bertz CT molecular complexity index is 1410. The minimum atomic E-state index is -0.510. The Kier molecular flexibility index (Phi) is 10.3. The number of benzene rings is 2. The molecule has 0 saturated carbocycles. The second-order valence-electron chi connectivity index (χ2n) is 8.69. The Morgan fingerprint density at radius 1 is 1.00 bits per heavy atom. The number of halogens is 3. The zero-order valence-corrected chi connectivity index (χ0v) is 23.7. The number of aromatic nitrogens is 1. The van der Waals surface area contributed by atoms with E-state index >= 15 is 0 Å². The molecule has 40 heavy (non-hydrogen) atoms. The first-order valence-corrected chi connectivity index (χ1v) is 13.3. The lowest BCUT2D eigenvalue weighted by molar-refractivity contribution is -0.417. The van der Waals surface area contributed by atoms with E-state index in [1.807, 2.05) is 6.07 Å². The van der Waals surface area contributed by atoms with Crippen molar-refractivity contribution < 1.29 is 14.6 Å². The number of hydrogen-bond donors (Lipinski definition) is 1. The van der Waals surface area contributed by atoms with Gasteiger partial charge in [-0.15, -0.1) is 0 Å². The summed E-state index contributed by atoms with van der Waals surface area (Å²) in [6.45, 7) is 3.05. The molecule has 13 heteroatoms. The molecule has 0 amide bonds. The molecule has 0 saturated heterocycles. The average Bonchev–Trinajstić information content (AvgIpc) is 3.38. The maximum atomic E-state index is 12.5. The fraction of sp³-hybridized carbons (Fsp3) is 0.222. The van der Waals surface area contributed by atoms with Crippen molar-refractivity contribution >= 4 is 46.4 Å². The third-order valence-electron chi connectivity index (χ3n) is 5.76. The first kappa shape index (κ1) is 29.3. The minimum absolute atomic E-state index is 0.00921. The minimum Gasteiger partial charge on any atom is -0.391 e. The summed E-state index contributed by atoms with van der Waals surface area (Å²) in [5.74, 6) is 0.185. The molecular weight excluding hydrogens is 579 g/mol. The molecule has 10 nitrogen and oxygen atoms in total. The van der Waals surface area contributed by atoms with E-state index in [0.717, 1.165) is 16.7 Å². The molecule has 208 valence electrons. The molecule has 0 atom stereocenters. The summed E-state index contributed by atoms with van der Waals surface area (Å²) >= 11 is 17.8. The Balaban J connectivity index is 1.60. The standard InChI is InChI=1S/C27H25Cl3N6O4/c1-18(33-39-16-19-2-7-22(28)8-3-19)25(34-40-17-20-4-9-23(29)10-5-20)26(36(37)38)27-31-12-13-35(27)15-21-6-11-24(30)32-14-21/h2-11,14,34H,12-13,15-17H2,1H3/b26-25+,33-18+. The van der Waals surface area contributed by atoms with E-state index in [1.54, 1.807) is 72.6 Å². The van der Waals surface area contributed by atoms with E-state index in [-0.39, 0.29) is 36.2 Å². The fourth-order valence-electron chi connectivity index (χ4n) is 3.76. The summed E-state index contributed by atoms with van der Waals surface area (Å²) in [7, 11) is 0. The van der Waals surface area contributed by atoms with Crippen molar-refractivity contribution in [3.8, 4) is 0 Å².